The summed E-state index contributed by atoms with van der Waals surface area (Å²) in [5.41, 5.74) is 2.01. The third-order valence-electron chi connectivity index (χ3n) is 9.15. The predicted molar refractivity (Wildman–Crippen MR) is 145 cm³/mol. The van der Waals surface area contributed by atoms with Gasteiger partial charge in [0.2, 0.25) is 0 Å². The summed E-state index contributed by atoms with van der Waals surface area (Å²) in [4.78, 5) is 45.5. The zero-order valence-corrected chi connectivity index (χ0v) is 21.9. The maximum atomic E-state index is 13.2. The van der Waals surface area contributed by atoms with E-state index in [0.29, 0.717) is 50.8 Å². The van der Waals surface area contributed by atoms with Crippen LogP contribution in [0, 0.1) is 0 Å². The molecule has 1 saturated carbocycles. The van der Waals surface area contributed by atoms with E-state index in [1.807, 2.05) is 37.4 Å². The van der Waals surface area contributed by atoms with Gasteiger partial charge in [-0.15, -0.1) is 0 Å². The maximum absolute atomic E-state index is 13.2. The van der Waals surface area contributed by atoms with Gasteiger partial charge in [0.15, 0.2) is 0 Å². The number of fused-ring (bicyclic) bond motifs is 1. The van der Waals surface area contributed by atoms with Gasteiger partial charge in [-0.1, -0.05) is 30.3 Å². The molecule has 2 bridgehead atoms. The number of nitrogens with zero attached hydrogens (tertiary/aromatic N) is 2. The second kappa shape index (κ2) is 9.43. The Kier molecular flexibility index (Phi) is 6.15. The largest absolute Gasteiger partial charge is 0.507 e. The number of piperidine rings is 1. The molecule has 2 unspecified atom stereocenters. The van der Waals surface area contributed by atoms with E-state index in [0.717, 1.165) is 22.3 Å². The van der Waals surface area contributed by atoms with Crippen molar-refractivity contribution in [3.05, 3.63) is 81.5 Å². The number of likely N-dealkylation sites (tertiary alicyclic amines) is 1. The molecule has 39 heavy (non-hydrogen) atoms. The number of benzene rings is 2. The number of hydrogen-bond acceptors (Lipinski definition) is 7. The first-order valence-electron chi connectivity index (χ1n) is 13.4. The van der Waals surface area contributed by atoms with Gasteiger partial charge in [-0.25, -0.2) is 9.78 Å². The topological polar surface area (TPSA) is 136 Å². The van der Waals surface area contributed by atoms with Gasteiger partial charge in [0.1, 0.15) is 11.5 Å². The lowest BCUT2D eigenvalue weighted by Gasteiger charge is -2.62. The average Bonchev–Trinajstić information content (AvgIpc) is 2.92. The summed E-state index contributed by atoms with van der Waals surface area (Å²) >= 11 is 0. The highest BCUT2D eigenvalue weighted by molar-refractivity contribution is 5.98. The minimum atomic E-state index is -1.12. The number of likely N-dealkylation sites (N-methyl/N-ethyl adjacent to an activating group) is 1. The number of aromatic nitrogens is 2. The minimum Gasteiger partial charge on any atom is -0.507 e. The Labute approximate surface area is 225 Å². The van der Waals surface area contributed by atoms with Gasteiger partial charge in [-0.2, -0.15) is 0 Å². The summed E-state index contributed by atoms with van der Waals surface area (Å²) in [6.07, 6.45) is 5.74. The van der Waals surface area contributed by atoms with E-state index < -0.39 is 16.7 Å². The van der Waals surface area contributed by atoms with Crippen LogP contribution in [0.25, 0.3) is 11.1 Å². The lowest BCUT2D eigenvalue weighted by molar-refractivity contribution is -0.169. The van der Waals surface area contributed by atoms with Crippen LogP contribution in [0.3, 0.4) is 0 Å². The maximum Gasteiger partial charge on any atom is 0.344 e. The number of rotatable bonds is 5. The number of aliphatic hydroxyl groups is 1. The van der Waals surface area contributed by atoms with Crippen molar-refractivity contribution in [1.82, 2.24) is 20.2 Å². The first-order valence-corrected chi connectivity index (χ1v) is 13.4. The second-order valence-corrected chi connectivity index (χ2v) is 11.2. The van der Waals surface area contributed by atoms with Crippen molar-refractivity contribution >= 4 is 11.7 Å². The molecule has 1 amide bonds. The fraction of sp³-hybridized carbons (Fsp3) is 0.400. The number of aromatic hydroxyl groups is 1. The molecule has 2 heterocycles. The number of hydrogen-bond donors (Lipinski definition) is 4. The van der Waals surface area contributed by atoms with E-state index in [9.17, 15) is 24.6 Å². The van der Waals surface area contributed by atoms with Crippen LogP contribution in [-0.4, -0.2) is 68.6 Å². The van der Waals surface area contributed by atoms with Crippen LogP contribution >= 0.6 is 0 Å². The Hall–Kier alpha value is -3.82. The fourth-order valence-corrected chi connectivity index (χ4v) is 7.09. The van der Waals surface area contributed by atoms with Gasteiger partial charge in [-0.05, 0) is 62.0 Å². The molecule has 1 saturated heterocycles. The summed E-state index contributed by atoms with van der Waals surface area (Å²) in [6.45, 7) is 1.09. The standard InChI is InChI=1S/C30H32N4O5/c1-34-13-11-29-15-22(35)8-10-30(29,39)24(34)14-20-6-7-23(26(36)25(20)29)27(37)31-12-9-18-2-4-19(5-3-18)21-16-32-28(38)33-17-21/h2-7,16-17,24,36,39H,8-15H2,1H3,(H,31,37)(H,32,33,38)/t24?,29-,30?/m1/s1. The summed E-state index contributed by atoms with van der Waals surface area (Å²) in [5.74, 6) is -0.406. The van der Waals surface area contributed by atoms with Crippen molar-refractivity contribution in [2.75, 3.05) is 20.1 Å². The first kappa shape index (κ1) is 25.5. The summed E-state index contributed by atoms with van der Waals surface area (Å²) in [6, 6.07) is 11.2. The number of Topliss-reactive ketones (excluding diaryl/α,β-unsaturated/α-hetero) is 1. The molecular formula is C30H32N4O5. The number of nitrogens with one attached hydrogen (secondary N) is 2. The van der Waals surface area contributed by atoms with Gasteiger partial charge < -0.3 is 25.4 Å². The number of phenolic OH excluding ortho intramolecular Hbond substituents is 1. The van der Waals surface area contributed by atoms with Crippen LogP contribution in [0.5, 0.6) is 5.75 Å². The van der Waals surface area contributed by atoms with Gasteiger partial charge in [-0.3, -0.25) is 9.59 Å². The number of aromatic amines is 1. The first-order chi connectivity index (χ1) is 18.7. The molecule has 1 aliphatic heterocycles. The summed E-state index contributed by atoms with van der Waals surface area (Å²) in [5, 5.41) is 26.4. The highest BCUT2D eigenvalue weighted by Gasteiger charge is 2.65. The zero-order chi connectivity index (χ0) is 27.4. The van der Waals surface area contributed by atoms with Gasteiger partial charge >= 0.3 is 5.69 Å². The fourth-order valence-electron chi connectivity index (χ4n) is 7.09. The Morgan fingerprint density at radius 3 is 2.69 bits per heavy atom. The van der Waals surface area contributed by atoms with Gasteiger partial charge in [0, 0.05) is 54.4 Å². The number of carbonyl (C=O) groups excluding carboxylic acids is 2. The number of H-pyrrole nitrogens is 1. The second-order valence-electron chi connectivity index (χ2n) is 11.2. The third kappa shape index (κ3) is 4.08. The Morgan fingerprint density at radius 2 is 1.95 bits per heavy atom. The van der Waals surface area contributed by atoms with E-state index in [4.69, 9.17) is 0 Å². The van der Waals surface area contributed by atoms with Crippen molar-refractivity contribution < 1.29 is 19.8 Å². The molecule has 6 rings (SSSR count). The minimum absolute atomic E-state index is 0.0907. The highest BCUT2D eigenvalue weighted by Crippen LogP contribution is 2.59. The smallest absolute Gasteiger partial charge is 0.344 e. The van der Waals surface area contributed by atoms with Crippen LogP contribution in [-0.2, 0) is 23.1 Å². The molecule has 0 radical (unpaired) electrons. The molecule has 4 N–H and O–H groups in total. The van der Waals surface area contributed by atoms with Gasteiger partial charge in [0.05, 0.1) is 11.2 Å². The Bertz CT molecular complexity index is 1500. The Balaban J connectivity index is 1.20. The van der Waals surface area contributed by atoms with Crippen molar-refractivity contribution in [2.45, 2.75) is 55.6 Å². The normalized spacial score (nSPS) is 26.0. The van der Waals surface area contributed by atoms with E-state index in [2.05, 4.69) is 20.2 Å². The molecule has 3 aliphatic rings. The molecule has 2 aliphatic carbocycles. The van der Waals surface area contributed by atoms with Crippen molar-refractivity contribution in [1.29, 1.82) is 0 Å². The SMILES string of the molecule is CN1CC[C@]23CC(=O)CCC2(O)C1Cc1ccc(C(=O)NCCc2ccc(-c4cnc(=O)[nH]c4)cc2)c(O)c13. The third-order valence-corrected chi connectivity index (χ3v) is 9.15. The molecule has 2 fully saturated rings. The highest BCUT2D eigenvalue weighted by atomic mass is 16.3. The summed E-state index contributed by atoms with van der Waals surface area (Å²) < 4.78 is 0. The number of amides is 1. The van der Waals surface area contributed by atoms with Crippen LogP contribution in [0.15, 0.2) is 53.6 Å². The van der Waals surface area contributed by atoms with E-state index >= 15 is 0 Å². The molecular weight excluding hydrogens is 496 g/mol. The van der Waals surface area contributed by atoms with Crippen molar-refractivity contribution in [3.63, 3.8) is 0 Å². The predicted octanol–water partition coefficient (Wildman–Crippen LogP) is 2.10. The van der Waals surface area contributed by atoms with E-state index in [1.54, 1.807) is 12.3 Å². The molecule has 202 valence electrons. The van der Waals surface area contributed by atoms with Crippen LogP contribution in [0.1, 0.15) is 52.7 Å². The molecule has 1 aromatic heterocycles. The van der Waals surface area contributed by atoms with Crippen molar-refractivity contribution in [2.24, 2.45) is 0 Å². The monoisotopic (exact) mass is 528 g/mol. The number of phenols is 1. The molecule has 2 aromatic carbocycles. The van der Waals surface area contributed by atoms with Crippen LogP contribution < -0.4 is 11.0 Å². The Morgan fingerprint density at radius 1 is 1.15 bits per heavy atom. The molecule has 3 atom stereocenters. The lowest BCUT2D eigenvalue weighted by Crippen LogP contribution is -2.72. The van der Waals surface area contributed by atoms with E-state index in [-0.39, 0.29) is 35.5 Å². The van der Waals surface area contributed by atoms with Crippen molar-refractivity contribution in [3.8, 4) is 16.9 Å². The van der Waals surface area contributed by atoms with E-state index in [1.165, 1.54) is 6.20 Å². The molecule has 3 aromatic rings. The molecule has 0 spiro atoms. The molecule has 9 heteroatoms. The lowest BCUT2D eigenvalue weighted by atomic mass is 9.49. The number of ketones is 1. The van der Waals surface area contributed by atoms with Crippen LogP contribution in [0.4, 0.5) is 0 Å². The quantitative estimate of drug-likeness (QED) is 0.398. The summed E-state index contributed by atoms with van der Waals surface area (Å²) in [7, 11) is 2.00. The van der Waals surface area contributed by atoms with Gasteiger partial charge in [0.25, 0.3) is 5.91 Å². The molecule has 9 nitrogen and oxygen atoms in total. The zero-order valence-electron chi connectivity index (χ0n) is 21.9. The van der Waals surface area contributed by atoms with Crippen LogP contribution in [0.2, 0.25) is 0 Å². The number of carbonyl (C=O) groups is 2. The average molecular weight is 529 g/mol.